The van der Waals surface area contributed by atoms with Crippen LogP contribution >= 0.6 is 0 Å². The number of carbonyl (C=O) groups is 2. The lowest BCUT2D eigenvalue weighted by Gasteiger charge is -2.25. The van der Waals surface area contributed by atoms with Crippen molar-refractivity contribution in [2.45, 2.75) is 12.5 Å². The second-order valence-corrected chi connectivity index (χ2v) is 7.85. The van der Waals surface area contributed by atoms with Crippen LogP contribution in [0.1, 0.15) is 22.7 Å². The minimum atomic E-state index is -0.794. The molecular weight excluding hydrogens is 437 g/mol. The average Bonchev–Trinajstić information content (AvgIpc) is 3.13. The molecular formula is C27H24FNO5. The first-order valence-electron chi connectivity index (χ1n) is 10.7. The van der Waals surface area contributed by atoms with E-state index in [-0.39, 0.29) is 29.3 Å². The molecule has 1 unspecified atom stereocenters. The Morgan fingerprint density at radius 1 is 0.971 bits per heavy atom. The van der Waals surface area contributed by atoms with Gasteiger partial charge >= 0.3 is 0 Å². The highest BCUT2D eigenvalue weighted by atomic mass is 19.1. The van der Waals surface area contributed by atoms with Crippen molar-refractivity contribution in [3.8, 4) is 11.5 Å². The highest BCUT2D eigenvalue weighted by molar-refractivity contribution is 6.46. The summed E-state index contributed by atoms with van der Waals surface area (Å²) in [6, 6.07) is 19.1. The Morgan fingerprint density at radius 2 is 1.68 bits per heavy atom. The van der Waals surface area contributed by atoms with Crippen LogP contribution in [-0.4, -0.2) is 42.5 Å². The van der Waals surface area contributed by atoms with Crippen LogP contribution in [0.25, 0.3) is 5.76 Å². The molecule has 1 atom stereocenters. The number of rotatable bonds is 7. The van der Waals surface area contributed by atoms with Gasteiger partial charge in [0.15, 0.2) is 0 Å². The molecule has 1 fully saturated rings. The van der Waals surface area contributed by atoms with Crippen LogP contribution in [0.3, 0.4) is 0 Å². The summed E-state index contributed by atoms with van der Waals surface area (Å²) in [6.07, 6.45) is 0.416. The molecule has 1 aliphatic rings. The van der Waals surface area contributed by atoms with Gasteiger partial charge in [-0.05, 0) is 47.9 Å². The molecule has 0 aliphatic carbocycles. The average molecular weight is 461 g/mol. The fraction of sp³-hybridized carbons (Fsp3) is 0.185. The maximum Gasteiger partial charge on any atom is 0.295 e. The van der Waals surface area contributed by atoms with Gasteiger partial charge < -0.3 is 19.5 Å². The van der Waals surface area contributed by atoms with Crippen molar-refractivity contribution in [1.29, 1.82) is 0 Å². The number of aliphatic hydroxyl groups excluding tert-OH is 1. The molecule has 1 N–H and O–H groups in total. The zero-order valence-corrected chi connectivity index (χ0v) is 18.8. The van der Waals surface area contributed by atoms with E-state index in [2.05, 4.69) is 0 Å². The zero-order chi connectivity index (χ0) is 24.2. The van der Waals surface area contributed by atoms with Crippen LogP contribution in [0.4, 0.5) is 4.39 Å². The number of hydrogen-bond donors (Lipinski definition) is 1. The minimum Gasteiger partial charge on any atom is -0.507 e. The molecule has 0 radical (unpaired) electrons. The van der Waals surface area contributed by atoms with Gasteiger partial charge in [-0.15, -0.1) is 0 Å². The van der Waals surface area contributed by atoms with E-state index >= 15 is 0 Å². The monoisotopic (exact) mass is 461 g/mol. The Labute approximate surface area is 196 Å². The number of likely N-dealkylation sites (tertiary alicyclic amines) is 1. The fourth-order valence-electron chi connectivity index (χ4n) is 4.14. The molecule has 1 aliphatic heterocycles. The van der Waals surface area contributed by atoms with Gasteiger partial charge in [-0.3, -0.25) is 9.59 Å². The largest absolute Gasteiger partial charge is 0.507 e. The summed E-state index contributed by atoms with van der Waals surface area (Å²) in [7, 11) is 2.94. The molecule has 3 aromatic carbocycles. The molecule has 1 amide bonds. The SMILES string of the molecule is COc1ccc(OC)c(/C(O)=C2\C(=O)C(=O)N(CCc3ccc(F)cc3)C2c2ccccc2)c1. The summed E-state index contributed by atoms with van der Waals surface area (Å²) in [4.78, 5) is 27.7. The zero-order valence-electron chi connectivity index (χ0n) is 18.8. The molecule has 7 heteroatoms. The van der Waals surface area contributed by atoms with Crippen LogP contribution in [-0.2, 0) is 16.0 Å². The van der Waals surface area contributed by atoms with Crippen molar-refractivity contribution in [2.24, 2.45) is 0 Å². The third-order valence-electron chi connectivity index (χ3n) is 5.87. The lowest BCUT2D eigenvalue weighted by atomic mass is 9.95. The molecule has 6 nitrogen and oxygen atoms in total. The van der Waals surface area contributed by atoms with E-state index in [1.54, 1.807) is 42.5 Å². The Balaban J connectivity index is 1.80. The van der Waals surface area contributed by atoms with Crippen molar-refractivity contribution < 1.29 is 28.6 Å². The van der Waals surface area contributed by atoms with Crippen LogP contribution in [0.5, 0.6) is 11.5 Å². The van der Waals surface area contributed by atoms with Gasteiger partial charge in [0.05, 0.1) is 31.4 Å². The first kappa shape index (κ1) is 23.0. The van der Waals surface area contributed by atoms with E-state index in [4.69, 9.17) is 9.47 Å². The van der Waals surface area contributed by atoms with Gasteiger partial charge in [-0.2, -0.15) is 0 Å². The third kappa shape index (κ3) is 4.37. The predicted octanol–water partition coefficient (Wildman–Crippen LogP) is 4.51. The fourth-order valence-corrected chi connectivity index (χ4v) is 4.14. The number of halogens is 1. The second kappa shape index (κ2) is 9.79. The van der Waals surface area contributed by atoms with Gasteiger partial charge in [0, 0.05) is 6.54 Å². The van der Waals surface area contributed by atoms with Gasteiger partial charge in [-0.25, -0.2) is 4.39 Å². The number of amides is 1. The number of aliphatic hydroxyl groups is 1. The second-order valence-electron chi connectivity index (χ2n) is 7.85. The number of Topliss-reactive ketones (excluding diaryl/α,β-unsaturated/α-hetero) is 1. The summed E-state index contributed by atoms with van der Waals surface area (Å²) in [5, 5.41) is 11.3. The molecule has 0 bridgehead atoms. The number of benzene rings is 3. The van der Waals surface area contributed by atoms with Crippen molar-refractivity contribution in [3.05, 3.63) is 101 Å². The molecule has 0 saturated carbocycles. The van der Waals surface area contributed by atoms with Crippen LogP contribution < -0.4 is 9.47 Å². The normalized spacial score (nSPS) is 17.1. The van der Waals surface area contributed by atoms with E-state index in [0.29, 0.717) is 23.5 Å². The maximum absolute atomic E-state index is 13.3. The van der Waals surface area contributed by atoms with E-state index < -0.39 is 17.7 Å². The van der Waals surface area contributed by atoms with Gasteiger partial charge in [-0.1, -0.05) is 42.5 Å². The molecule has 34 heavy (non-hydrogen) atoms. The van der Waals surface area contributed by atoms with Crippen LogP contribution in [0.2, 0.25) is 0 Å². The van der Waals surface area contributed by atoms with Crippen molar-refractivity contribution in [2.75, 3.05) is 20.8 Å². The summed E-state index contributed by atoms with van der Waals surface area (Å²) >= 11 is 0. The van der Waals surface area contributed by atoms with Crippen molar-refractivity contribution >= 4 is 17.4 Å². The lowest BCUT2D eigenvalue weighted by Crippen LogP contribution is -2.31. The standard InChI is InChI=1S/C27H24FNO5/c1-33-20-12-13-22(34-2)21(16-20)25(30)23-24(18-6-4-3-5-7-18)29(27(32)26(23)31)15-14-17-8-10-19(28)11-9-17/h3-13,16,24,30H,14-15H2,1-2H3/b25-23+. The van der Waals surface area contributed by atoms with E-state index in [0.717, 1.165) is 5.56 Å². The maximum atomic E-state index is 13.3. The minimum absolute atomic E-state index is 0.0261. The summed E-state index contributed by atoms with van der Waals surface area (Å²) in [6.45, 7) is 0.210. The molecule has 4 rings (SSSR count). The van der Waals surface area contributed by atoms with Crippen LogP contribution in [0, 0.1) is 5.82 Å². The van der Waals surface area contributed by atoms with Crippen molar-refractivity contribution in [1.82, 2.24) is 4.90 Å². The van der Waals surface area contributed by atoms with Crippen molar-refractivity contribution in [3.63, 3.8) is 0 Å². The number of carbonyl (C=O) groups excluding carboxylic acids is 2. The number of methoxy groups -OCH3 is 2. The molecule has 1 heterocycles. The molecule has 174 valence electrons. The first-order valence-corrected chi connectivity index (χ1v) is 10.7. The first-order chi connectivity index (χ1) is 16.4. The predicted molar refractivity (Wildman–Crippen MR) is 125 cm³/mol. The number of hydrogen-bond acceptors (Lipinski definition) is 5. The summed E-state index contributed by atoms with van der Waals surface area (Å²) in [5.74, 6) is -1.38. The summed E-state index contributed by atoms with van der Waals surface area (Å²) < 4.78 is 23.9. The highest BCUT2D eigenvalue weighted by Gasteiger charge is 2.46. The smallest absolute Gasteiger partial charge is 0.295 e. The molecule has 0 spiro atoms. The Bertz CT molecular complexity index is 1240. The van der Waals surface area contributed by atoms with Crippen LogP contribution in [0.15, 0.2) is 78.4 Å². The number of ketones is 1. The quantitative estimate of drug-likeness (QED) is 0.318. The molecule has 3 aromatic rings. The summed E-state index contributed by atoms with van der Waals surface area (Å²) in [5.41, 5.74) is 1.73. The van der Waals surface area contributed by atoms with Gasteiger partial charge in [0.2, 0.25) is 0 Å². The van der Waals surface area contributed by atoms with E-state index in [1.807, 2.05) is 18.2 Å². The van der Waals surface area contributed by atoms with Gasteiger partial charge in [0.1, 0.15) is 23.1 Å². The Hall–Kier alpha value is -4.13. The Morgan fingerprint density at radius 3 is 2.32 bits per heavy atom. The third-order valence-corrected chi connectivity index (χ3v) is 5.87. The topological polar surface area (TPSA) is 76.1 Å². The lowest BCUT2D eigenvalue weighted by molar-refractivity contribution is -0.139. The molecule has 1 saturated heterocycles. The van der Waals surface area contributed by atoms with E-state index in [1.165, 1.54) is 31.3 Å². The molecule has 0 aromatic heterocycles. The Kier molecular flexibility index (Phi) is 6.63. The van der Waals surface area contributed by atoms with E-state index in [9.17, 15) is 19.1 Å². The highest BCUT2D eigenvalue weighted by Crippen LogP contribution is 2.41. The number of nitrogens with zero attached hydrogens (tertiary/aromatic N) is 1. The number of ether oxygens (including phenoxy) is 2. The van der Waals surface area contributed by atoms with Gasteiger partial charge in [0.25, 0.3) is 11.7 Å².